The lowest BCUT2D eigenvalue weighted by atomic mass is 10.1. The largest absolute Gasteiger partial charge is 0.487 e. The van der Waals surface area contributed by atoms with Crippen LogP contribution in [0.25, 0.3) is 0 Å². The van der Waals surface area contributed by atoms with Gasteiger partial charge in [-0.05, 0) is 26.2 Å². The summed E-state index contributed by atoms with van der Waals surface area (Å²) < 4.78 is 38.1. The minimum absolute atomic E-state index is 0.0349. The van der Waals surface area contributed by atoms with E-state index < -0.39 is 12.5 Å². The molecule has 0 radical (unpaired) electrons. The zero-order chi connectivity index (χ0) is 12.5. The maximum atomic E-state index is 12.7. The topological polar surface area (TPSA) is 18.8 Å². The van der Waals surface area contributed by atoms with Crippen molar-refractivity contribution >= 4 is 6.34 Å². The van der Waals surface area contributed by atoms with E-state index in [-0.39, 0.29) is 12.0 Å². The molecule has 1 aliphatic heterocycles. The van der Waals surface area contributed by atoms with Crippen molar-refractivity contribution in [2.24, 2.45) is 11.0 Å². The minimum Gasteiger partial charge on any atom is -0.270 e. The molecular formula is C10H18F3N3. The maximum absolute atomic E-state index is 12.7. The van der Waals surface area contributed by atoms with E-state index in [4.69, 9.17) is 0 Å². The number of halogens is 3. The van der Waals surface area contributed by atoms with Gasteiger partial charge in [0.2, 0.25) is 0 Å². The molecule has 0 saturated carbocycles. The maximum Gasteiger partial charge on any atom is 0.487 e. The van der Waals surface area contributed by atoms with Gasteiger partial charge >= 0.3 is 6.30 Å². The minimum atomic E-state index is -4.35. The van der Waals surface area contributed by atoms with Crippen LogP contribution in [-0.4, -0.2) is 34.8 Å². The summed E-state index contributed by atoms with van der Waals surface area (Å²) in [6.07, 6.45) is -3.74. The molecule has 6 heteroatoms. The van der Waals surface area contributed by atoms with Gasteiger partial charge in [0, 0.05) is 6.04 Å². The first kappa shape index (κ1) is 13.1. The summed E-state index contributed by atoms with van der Waals surface area (Å²) in [5.41, 5.74) is 0. The summed E-state index contributed by atoms with van der Waals surface area (Å²) >= 11 is 0. The highest BCUT2D eigenvalue weighted by atomic mass is 19.4. The fourth-order valence-electron chi connectivity index (χ4n) is 1.75. The lowest BCUT2D eigenvalue weighted by Crippen LogP contribution is -2.49. The average Bonchev–Trinajstić information content (AvgIpc) is 2.45. The van der Waals surface area contributed by atoms with E-state index in [0.29, 0.717) is 11.3 Å². The Morgan fingerprint density at radius 3 is 2.19 bits per heavy atom. The summed E-state index contributed by atoms with van der Waals surface area (Å²) in [4.78, 5) is 0.382. The first-order valence-corrected chi connectivity index (χ1v) is 5.41. The van der Waals surface area contributed by atoms with Crippen LogP contribution < -0.4 is 0 Å². The van der Waals surface area contributed by atoms with Gasteiger partial charge in [-0.3, -0.25) is 9.91 Å². The van der Waals surface area contributed by atoms with Crippen molar-refractivity contribution in [3.63, 3.8) is 0 Å². The second-order valence-electron chi connectivity index (χ2n) is 4.69. The Morgan fingerprint density at radius 1 is 1.25 bits per heavy atom. The molecule has 0 amide bonds. The number of hydrogen-bond donors (Lipinski definition) is 0. The molecule has 1 atom stereocenters. The second kappa shape index (κ2) is 4.51. The van der Waals surface area contributed by atoms with Crippen LogP contribution in [0.4, 0.5) is 13.2 Å². The molecule has 3 nitrogen and oxygen atoms in total. The van der Waals surface area contributed by atoms with Gasteiger partial charge in [-0.15, -0.1) is 13.2 Å². The van der Waals surface area contributed by atoms with E-state index >= 15 is 0 Å². The lowest BCUT2D eigenvalue weighted by molar-refractivity contribution is -0.237. The lowest BCUT2D eigenvalue weighted by Gasteiger charge is -2.34. The first-order valence-electron chi connectivity index (χ1n) is 5.41. The highest BCUT2D eigenvalue weighted by molar-refractivity contribution is 5.57. The van der Waals surface area contributed by atoms with Crippen LogP contribution in [0.5, 0.6) is 0 Å². The highest BCUT2D eigenvalue weighted by Crippen LogP contribution is 2.31. The van der Waals surface area contributed by atoms with Crippen molar-refractivity contribution in [2.45, 2.75) is 52.6 Å². The molecule has 0 aromatic carbocycles. The Labute approximate surface area is 93.9 Å². The Kier molecular flexibility index (Phi) is 3.70. The molecule has 94 valence electrons. The van der Waals surface area contributed by atoms with Crippen LogP contribution in [0, 0.1) is 5.92 Å². The average molecular weight is 237 g/mol. The van der Waals surface area contributed by atoms with E-state index in [9.17, 15) is 13.2 Å². The van der Waals surface area contributed by atoms with E-state index in [0.717, 1.165) is 6.34 Å². The van der Waals surface area contributed by atoms with Crippen LogP contribution >= 0.6 is 0 Å². The van der Waals surface area contributed by atoms with Crippen molar-refractivity contribution in [3.8, 4) is 0 Å². The zero-order valence-electron chi connectivity index (χ0n) is 9.99. The van der Waals surface area contributed by atoms with Crippen LogP contribution in [0.15, 0.2) is 5.10 Å². The quantitative estimate of drug-likeness (QED) is 0.703. The molecule has 0 aromatic rings. The monoisotopic (exact) mass is 237 g/mol. The summed E-state index contributed by atoms with van der Waals surface area (Å²) in [7, 11) is 0. The molecule has 16 heavy (non-hydrogen) atoms. The zero-order valence-corrected chi connectivity index (χ0v) is 9.99. The predicted octanol–water partition coefficient (Wildman–Crippen LogP) is 2.85. The van der Waals surface area contributed by atoms with Gasteiger partial charge in [0.25, 0.3) is 0 Å². The third kappa shape index (κ3) is 2.80. The Bertz CT molecular complexity index is 261. The van der Waals surface area contributed by atoms with Gasteiger partial charge in [0.05, 0.1) is 0 Å². The summed E-state index contributed by atoms with van der Waals surface area (Å²) in [5.74, 6) is 0.192. The Morgan fingerprint density at radius 2 is 1.81 bits per heavy atom. The number of hydrogen-bond acceptors (Lipinski definition) is 3. The molecule has 0 bridgehead atoms. The highest BCUT2D eigenvalue weighted by Gasteiger charge is 2.45. The van der Waals surface area contributed by atoms with Crippen molar-refractivity contribution in [1.82, 2.24) is 9.91 Å². The van der Waals surface area contributed by atoms with Gasteiger partial charge in [-0.2, -0.15) is 5.10 Å². The first-order chi connectivity index (χ1) is 7.23. The summed E-state index contributed by atoms with van der Waals surface area (Å²) in [5, 5.41) is 5.34. The Hall–Kier alpha value is -0.940. The van der Waals surface area contributed by atoms with Gasteiger partial charge in [0.1, 0.15) is 12.5 Å². The normalized spacial score (nSPS) is 21.7. The van der Waals surface area contributed by atoms with Gasteiger partial charge in [0.15, 0.2) is 0 Å². The molecule has 1 heterocycles. The van der Waals surface area contributed by atoms with Crippen LogP contribution in [0.3, 0.4) is 0 Å². The molecule has 0 fully saturated rings. The number of rotatable bonds is 3. The van der Waals surface area contributed by atoms with Gasteiger partial charge in [-0.25, -0.2) is 0 Å². The standard InChI is InChI=1S/C10H18F3N3/c1-7(2)5-9-15(10(11,12)13)6-14-16(9)8(3)4/h6-9H,5H2,1-4H3. The summed E-state index contributed by atoms with van der Waals surface area (Å²) in [6.45, 7) is 7.49. The second-order valence-corrected chi connectivity index (χ2v) is 4.69. The van der Waals surface area contributed by atoms with Crippen LogP contribution in [0.1, 0.15) is 34.1 Å². The molecule has 0 N–H and O–H groups in total. The number of nitrogens with zero attached hydrogens (tertiary/aromatic N) is 3. The molecule has 0 saturated heterocycles. The fourth-order valence-corrected chi connectivity index (χ4v) is 1.75. The van der Waals surface area contributed by atoms with Crippen LogP contribution in [0.2, 0.25) is 0 Å². The third-order valence-electron chi connectivity index (χ3n) is 2.44. The van der Waals surface area contributed by atoms with E-state index in [1.54, 1.807) is 0 Å². The smallest absolute Gasteiger partial charge is 0.270 e. The van der Waals surface area contributed by atoms with E-state index in [1.165, 1.54) is 5.01 Å². The summed E-state index contributed by atoms with van der Waals surface area (Å²) in [6, 6.07) is -0.0349. The molecule has 1 aliphatic rings. The molecule has 0 spiro atoms. The number of hydrazone groups is 1. The predicted molar refractivity (Wildman–Crippen MR) is 56.6 cm³/mol. The van der Waals surface area contributed by atoms with E-state index in [1.807, 2.05) is 27.7 Å². The Balaban J connectivity index is 2.84. The fraction of sp³-hybridized carbons (Fsp3) is 0.900. The SMILES string of the molecule is CC(C)CC1N(C(C)C)N=CN1C(F)(F)F. The van der Waals surface area contributed by atoms with Crippen molar-refractivity contribution in [3.05, 3.63) is 0 Å². The number of alkyl halides is 3. The third-order valence-corrected chi connectivity index (χ3v) is 2.44. The molecule has 1 unspecified atom stereocenters. The molecule has 0 aromatic heterocycles. The van der Waals surface area contributed by atoms with Crippen molar-refractivity contribution in [2.75, 3.05) is 0 Å². The molecular weight excluding hydrogens is 219 g/mol. The van der Waals surface area contributed by atoms with Crippen molar-refractivity contribution in [1.29, 1.82) is 0 Å². The molecule has 1 rings (SSSR count). The van der Waals surface area contributed by atoms with Gasteiger partial charge < -0.3 is 0 Å². The van der Waals surface area contributed by atoms with Crippen LogP contribution in [-0.2, 0) is 0 Å². The van der Waals surface area contributed by atoms with E-state index in [2.05, 4.69) is 5.10 Å². The van der Waals surface area contributed by atoms with Gasteiger partial charge in [-0.1, -0.05) is 13.8 Å². The van der Waals surface area contributed by atoms with Crippen molar-refractivity contribution < 1.29 is 13.2 Å². The molecule has 0 aliphatic carbocycles.